The molecule has 0 radical (unpaired) electrons. The number of hydrogen-bond donors (Lipinski definition) is 1. The van der Waals surface area contributed by atoms with Crippen LogP contribution in [0.15, 0.2) is 47.4 Å². The monoisotopic (exact) mass is 426 g/mol. The third kappa shape index (κ3) is 3.99. The van der Waals surface area contributed by atoms with Gasteiger partial charge in [-0.2, -0.15) is 4.72 Å². The average molecular weight is 426 g/mol. The lowest BCUT2D eigenvalue weighted by molar-refractivity contribution is 0.0735. The van der Waals surface area contributed by atoms with Crippen molar-refractivity contribution in [3.05, 3.63) is 53.6 Å². The number of benzene rings is 2. The van der Waals surface area contributed by atoms with E-state index < -0.39 is 10.0 Å². The molecule has 1 fully saturated rings. The molecule has 0 bridgehead atoms. The summed E-state index contributed by atoms with van der Waals surface area (Å²) >= 11 is 0. The minimum atomic E-state index is -3.77. The molecule has 1 amide bonds. The van der Waals surface area contributed by atoms with Crippen LogP contribution >= 0.6 is 0 Å². The molecule has 2 heterocycles. The Morgan fingerprint density at radius 3 is 2.77 bits per heavy atom. The van der Waals surface area contributed by atoms with Gasteiger partial charge in [0, 0.05) is 12.1 Å². The van der Waals surface area contributed by atoms with Gasteiger partial charge in [0.2, 0.25) is 10.0 Å². The Bertz CT molecular complexity index is 1110. The summed E-state index contributed by atoms with van der Waals surface area (Å²) < 4.78 is 38.3. The van der Waals surface area contributed by atoms with Crippen molar-refractivity contribution in [3.8, 4) is 23.8 Å². The Hall–Kier alpha value is -3.02. The zero-order valence-electron chi connectivity index (χ0n) is 16.3. The van der Waals surface area contributed by atoms with Crippen LogP contribution in [0, 0.1) is 12.3 Å². The maximum Gasteiger partial charge on any atom is 0.254 e. The molecule has 2 aromatic rings. The van der Waals surface area contributed by atoms with Crippen molar-refractivity contribution in [2.45, 2.75) is 23.8 Å². The van der Waals surface area contributed by atoms with Gasteiger partial charge in [-0.1, -0.05) is 18.1 Å². The standard InChI is InChI=1S/C22H22N2O5S/c1-2-10-23-30(26,27)18-6-3-5-17(14-18)22(25)24-11-4-7-19(24)16-8-9-20-21(15-16)29-13-12-28-20/h1,3,5-6,8-9,14-15,19,23H,4,7,10-13H2. The van der Waals surface area contributed by atoms with Crippen LogP contribution in [0.2, 0.25) is 0 Å². The van der Waals surface area contributed by atoms with Gasteiger partial charge in [-0.05, 0) is 48.7 Å². The summed E-state index contributed by atoms with van der Waals surface area (Å²) in [4.78, 5) is 15.0. The van der Waals surface area contributed by atoms with E-state index in [-0.39, 0.29) is 23.4 Å². The Labute approximate surface area is 176 Å². The number of likely N-dealkylation sites (tertiary alicyclic amines) is 1. The van der Waals surface area contributed by atoms with Gasteiger partial charge in [-0.3, -0.25) is 4.79 Å². The maximum absolute atomic E-state index is 13.2. The third-order valence-corrected chi connectivity index (χ3v) is 6.62. The topological polar surface area (TPSA) is 84.9 Å². The van der Waals surface area contributed by atoms with E-state index in [1.807, 2.05) is 18.2 Å². The van der Waals surface area contributed by atoms with Crippen LogP contribution in [0.25, 0.3) is 0 Å². The van der Waals surface area contributed by atoms with E-state index in [0.29, 0.717) is 36.8 Å². The number of terminal acetylenes is 1. The minimum absolute atomic E-state index is 0.0127. The highest BCUT2D eigenvalue weighted by Gasteiger charge is 2.32. The Morgan fingerprint density at radius 1 is 1.17 bits per heavy atom. The van der Waals surface area contributed by atoms with Gasteiger partial charge < -0.3 is 14.4 Å². The molecule has 0 aromatic heterocycles. The number of rotatable bonds is 5. The zero-order chi connectivity index (χ0) is 21.1. The molecule has 1 saturated heterocycles. The van der Waals surface area contributed by atoms with Gasteiger partial charge in [0.1, 0.15) is 13.2 Å². The number of ether oxygens (including phenoxy) is 2. The van der Waals surface area contributed by atoms with E-state index in [2.05, 4.69) is 10.6 Å². The van der Waals surface area contributed by atoms with Gasteiger partial charge in [-0.25, -0.2) is 8.42 Å². The molecule has 7 nitrogen and oxygen atoms in total. The van der Waals surface area contributed by atoms with Crippen LogP contribution in [-0.2, 0) is 10.0 Å². The molecule has 1 atom stereocenters. The van der Waals surface area contributed by atoms with Crippen LogP contribution in [-0.4, -0.2) is 45.5 Å². The van der Waals surface area contributed by atoms with Crippen LogP contribution < -0.4 is 14.2 Å². The molecule has 30 heavy (non-hydrogen) atoms. The molecule has 4 rings (SSSR count). The van der Waals surface area contributed by atoms with E-state index in [1.54, 1.807) is 17.0 Å². The number of nitrogens with zero attached hydrogens (tertiary/aromatic N) is 1. The Balaban J connectivity index is 1.59. The van der Waals surface area contributed by atoms with E-state index in [0.717, 1.165) is 18.4 Å². The number of nitrogens with one attached hydrogen (secondary N) is 1. The van der Waals surface area contributed by atoms with Crippen molar-refractivity contribution in [3.63, 3.8) is 0 Å². The molecule has 2 aliphatic heterocycles. The lowest BCUT2D eigenvalue weighted by atomic mass is 10.0. The largest absolute Gasteiger partial charge is 0.486 e. The van der Waals surface area contributed by atoms with Crippen molar-refractivity contribution in [1.29, 1.82) is 0 Å². The fourth-order valence-corrected chi connectivity index (χ4v) is 4.79. The van der Waals surface area contributed by atoms with Gasteiger partial charge >= 0.3 is 0 Å². The number of hydrogen-bond acceptors (Lipinski definition) is 5. The van der Waals surface area contributed by atoms with Crippen LogP contribution in [0.1, 0.15) is 34.8 Å². The summed E-state index contributed by atoms with van der Waals surface area (Å²) in [5.74, 6) is 3.42. The molecule has 156 valence electrons. The first-order valence-corrected chi connectivity index (χ1v) is 11.2. The summed E-state index contributed by atoms with van der Waals surface area (Å²) in [6, 6.07) is 11.7. The molecule has 8 heteroatoms. The maximum atomic E-state index is 13.2. The van der Waals surface area contributed by atoms with E-state index in [1.165, 1.54) is 12.1 Å². The molecular weight excluding hydrogens is 404 g/mol. The third-order valence-electron chi connectivity index (χ3n) is 5.22. The van der Waals surface area contributed by atoms with Crippen LogP contribution in [0.3, 0.4) is 0 Å². The zero-order valence-corrected chi connectivity index (χ0v) is 17.2. The van der Waals surface area contributed by atoms with Crippen molar-refractivity contribution in [1.82, 2.24) is 9.62 Å². The summed E-state index contributed by atoms with van der Waals surface area (Å²) in [6.45, 7) is 1.51. The molecule has 2 aromatic carbocycles. The number of fused-ring (bicyclic) bond motifs is 1. The van der Waals surface area contributed by atoms with E-state index in [4.69, 9.17) is 15.9 Å². The van der Waals surface area contributed by atoms with E-state index in [9.17, 15) is 13.2 Å². The normalized spacial score (nSPS) is 18.1. The first-order chi connectivity index (χ1) is 14.5. The number of carbonyl (C=O) groups is 1. The lowest BCUT2D eigenvalue weighted by Gasteiger charge is -2.27. The second-order valence-corrected chi connectivity index (χ2v) is 8.88. The predicted octanol–water partition coefficient (Wildman–Crippen LogP) is 2.35. The van der Waals surface area contributed by atoms with Gasteiger partial charge in [0.25, 0.3) is 5.91 Å². The fraction of sp³-hybridized carbons (Fsp3) is 0.318. The molecular formula is C22H22N2O5S. The van der Waals surface area contributed by atoms with Gasteiger partial charge in [0.05, 0.1) is 17.5 Å². The van der Waals surface area contributed by atoms with Crippen molar-refractivity contribution in [2.24, 2.45) is 0 Å². The number of carbonyl (C=O) groups excluding carboxylic acids is 1. The number of amides is 1. The first-order valence-electron chi connectivity index (χ1n) is 9.73. The SMILES string of the molecule is C#CCNS(=O)(=O)c1cccc(C(=O)N2CCCC2c2ccc3c(c2)OCCO3)c1. The van der Waals surface area contributed by atoms with E-state index >= 15 is 0 Å². The second kappa shape index (κ2) is 8.38. The summed E-state index contributed by atoms with van der Waals surface area (Å²) in [5.41, 5.74) is 1.30. The Kier molecular flexibility index (Phi) is 5.66. The fourth-order valence-electron chi connectivity index (χ4n) is 3.81. The minimum Gasteiger partial charge on any atom is -0.486 e. The summed E-state index contributed by atoms with van der Waals surface area (Å²) in [7, 11) is -3.77. The predicted molar refractivity (Wildman–Crippen MR) is 111 cm³/mol. The first kappa shape index (κ1) is 20.3. The molecule has 0 spiro atoms. The molecule has 1 N–H and O–H groups in total. The molecule has 0 saturated carbocycles. The Morgan fingerprint density at radius 2 is 1.97 bits per heavy atom. The lowest BCUT2D eigenvalue weighted by Crippen LogP contribution is -2.31. The molecule has 1 unspecified atom stereocenters. The smallest absolute Gasteiger partial charge is 0.254 e. The summed E-state index contributed by atoms with van der Waals surface area (Å²) in [5, 5.41) is 0. The average Bonchev–Trinajstić information content (AvgIpc) is 3.27. The summed E-state index contributed by atoms with van der Waals surface area (Å²) in [6.07, 6.45) is 6.83. The van der Waals surface area contributed by atoms with Crippen molar-refractivity contribution >= 4 is 15.9 Å². The highest BCUT2D eigenvalue weighted by atomic mass is 32.2. The van der Waals surface area contributed by atoms with Crippen molar-refractivity contribution < 1.29 is 22.7 Å². The molecule has 0 aliphatic carbocycles. The second-order valence-electron chi connectivity index (χ2n) is 7.12. The van der Waals surface area contributed by atoms with Gasteiger partial charge in [0.15, 0.2) is 11.5 Å². The highest BCUT2D eigenvalue weighted by Crippen LogP contribution is 2.38. The van der Waals surface area contributed by atoms with Crippen LogP contribution in [0.5, 0.6) is 11.5 Å². The highest BCUT2D eigenvalue weighted by molar-refractivity contribution is 7.89. The number of sulfonamides is 1. The molecule has 2 aliphatic rings. The van der Waals surface area contributed by atoms with Crippen molar-refractivity contribution in [2.75, 3.05) is 26.3 Å². The van der Waals surface area contributed by atoms with Crippen LogP contribution in [0.4, 0.5) is 0 Å². The van der Waals surface area contributed by atoms with Gasteiger partial charge in [-0.15, -0.1) is 6.42 Å². The quantitative estimate of drug-likeness (QED) is 0.742.